The number of nitrogens with one attached hydrogen (secondary N) is 1. The molecule has 130 valence electrons. The van der Waals surface area contributed by atoms with E-state index in [4.69, 9.17) is 17.0 Å². The van der Waals surface area contributed by atoms with Crippen LogP contribution in [0.1, 0.15) is 29.7 Å². The summed E-state index contributed by atoms with van der Waals surface area (Å²) in [4.78, 5) is 14.4. The molecule has 0 bridgehead atoms. The molecule has 1 aliphatic rings. The number of esters is 1. The molecule has 6 heteroatoms. The second-order valence-electron chi connectivity index (χ2n) is 6.03. The van der Waals surface area contributed by atoms with E-state index in [-0.39, 0.29) is 12.0 Å². The van der Waals surface area contributed by atoms with E-state index in [1.165, 1.54) is 18.2 Å². The third-order valence-corrected chi connectivity index (χ3v) is 5.52. The quantitative estimate of drug-likeness (QED) is 0.644. The molecular formula is C19H20N2O2S2. The fourth-order valence-electron chi connectivity index (χ4n) is 2.98. The number of ether oxygens (including phenoxy) is 1. The van der Waals surface area contributed by atoms with Crippen LogP contribution in [0.25, 0.3) is 0 Å². The zero-order valence-corrected chi connectivity index (χ0v) is 16.3. The maximum Gasteiger partial charge on any atom is 0.337 e. The van der Waals surface area contributed by atoms with E-state index >= 15 is 0 Å². The number of carbonyl (C=O) groups is 1. The van der Waals surface area contributed by atoms with Crippen molar-refractivity contribution in [3.05, 3.63) is 63.0 Å². The Morgan fingerprint density at radius 2 is 2.00 bits per heavy atom. The van der Waals surface area contributed by atoms with Crippen molar-refractivity contribution in [3.63, 3.8) is 0 Å². The first-order valence-electron chi connectivity index (χ1n) is 7.93. The molecule has 4 nitrogen and oxygen atoms in total. The monoisotopic (exact) mass is 372 g/mol. The van der Waals surface area contributed by atoms with Gasteiger partial charge in [0.2, 0.25) is 0 Å². The van der Waals surface area contributed by atoms with Crippen LogP contribution < -0.4 is 10.2 Å². The minimum Gasteiger partial charge on any atom is -0.466 e. The zero-order chi connectivity index (χ0) is 18.1. The number of rotatable bonds is 3. The number of hydrogen-bond donors (Lipinski definition) is 1. The Bertz CT molecular complexity index is 856. The number of anilines is 1. The highest BCUT2D eigenvalue weighted by Gasteiger charge is 2.35. The van der Waals surface area contributed by atoms with Gasteiger partial charge in [-0.15, -0.1) is 0 Å². The summed E-state index contributed by atoms with van der Waals surface area (Å²) in [5.41, 5.74) is 5.69. The standard InChI is InChI=1S/C19H20N2O2S2/c1-11-5-6-15(9-12(11)2)21-13(3)16(18(22)23-4)17(20-19(21)24)14-7-8-25-10-14/h5-10,17H,1-4H3,(H,20,24)/t17-/m1/s1. The van der Waals surface area contributed by atoms with Gasteiger partial charge >= 0.3 is 5.97 Å². The molecule has 0 unspecified atom stereocenters. The van der Waals surface area contributed by atoms with Gasteiger partial charge in [0.05, 0.1) is 18.7 Å². The number of benzene rings is 1. The molecule has 0 radical (unpaired) electrons. The highest BCUT2D eigenvalue weighted by Crippen LogP contribution is 2.35. The summed E-state index contributed by atoms with van der Waals surface area (Å²) in [6.45, 7) is 6.04. The van der Waals surface area contributed by atoms with Crippen molar-refractivity contribution in [1.29, 1.82) is 0 Å². The molecule has 1 aromatic carbocycles. The summed E-state index contributed by atoms with van der Waals surface area (Å²) < 4.78 is 5.05. The minimum absolute atomic E-state index is 0.297. The van der Waals surface area contributed by atoms with Gasteiger partial charge in [-0.05, 0) is 78.6 Å². The maximum atomic E-state index is 12.5. The van der Waals surface area contributed by atoms with Crippen molar-refractivity contribution in [2.24, 2.45) is 0 Å². The lowest BCUT2D eigenvalue weighted by Gasteiger charge is -2.37. The largest absolute Gasteiger partial charge is 0.466 e. The first-order chi connectivity index (χ1) is 11.9. The zero-order valence-electron chi connectivity index (χ0n) is 14.6. The van der Waals surface area contributed by atoms with Gasteiger partial charge in [0.1, 0.15) is 0 Å². The second kappa shape index (κ2) is 6.98. The van der Waals surface area contributed by atoms with Crippen molar-refractivity contribution in [1.82, 2.24) is 5.32 Å². The van der Waals surface area contributed by atoms with Crippen LogP contribution in [0, 0.1) is 13.8 Å². The summed E-state index contributed by atoms with van der Waals surface area (Å²) in [6.07, 6.45) is 0. The molecule has 0 amide bonds. The third-order valence-electron chi connectivity index (χ3n) is 4.52. The van der Waals surface area contributed by atoms with Crippen molar-refractivity contribution in [2.45, 2.75) is 26.8 Å². The van der Waals surface area contributed by atoms with Gasteiger partial charge < -0.3 is 10.1 Å². The van der Waals surface area contributed by atoms with E-state index in [1.54, 1.807) is 11.3 Å². The van der Waals surface area contributed by atoms with E-state index in [0.29, 0.717) is 10.7 Å². The van der Waals surface area contributed by atoms with Crippen LogP contribution in [0.3, 0.4) is 0 Å². The Morgan fingerprint density at radius 3 is 2.60 bits per heavy atom. The van der Waals surface area contributed by atoms with Crippen molar-refractivity contribution in [3.8, 4) is 0 Å². The first kappa shape index (κ1) is 17.6. The van der Waals surface area contributed by atoms with E-state index in [9.17, 15) is 4.79 Å². The lowest BCUT2D eigenvalue weighted by molar-refractivity contribution is -0.136. The second-order valence-corrected chi connectivity index (χ2v) is 7.20. The molecule has 1 aliphatic heterocycles. The summed E-state index contributed by atoms with van der Waals surface area (Å²) >= 11 is 7.21. The molecule has 0 saturated carbocycles. The normalized spacial score (nSPS) is 17.5. The lowest BCUT2D eigenvalue weighted by Crippen LogP contribution is -2.48. The van der Waals surface area contributed by atoms with Crippen LogP contribution in [0.4, 0.5) is 5.69 Å². The summed E-state index contributed by atoms with van der Waals surface area (Å²) in [5.74, 6) is -0.350. The van der Waals surface area contributed by atoms with Gasteiger partial charge in [-0.1, -0.05) is 6.07 Å². The van der Waals surface area contributed by atoms with E-state index in [1.807, 2.05) is 34.7 Å². The fraction of sp³-hybridized carbons (Fsp3) is 0.263. The van der Waals surface area contributed by atoms with Crippen molar-refractivity contribution >= 4 is 40.3 Å². The molecule has 0 spiro atoms. The van der Waals surface area contributed by atoms with Gasteiger partial charge in [-0.25, -0.2) is 4.79 Å². The van der Waals surface area contributed by atoms with Crippen LogP contribution in [0.2, 0.25) is 0 Å². The Balaban J connectivity index is 2.14. The molecule has 2 heterocycles. The van der Waals surface area contributed by atoms with E-state index in [0.717, 1.165) is 16.9 Å². The minimum atomic E-state index is -0.350. The molecule has 1 atom stereocenters. The average molecular weight is 373 g/mol. The van der Waals surface area contributed by atoms with Crippen LogP contribution in [-0.2, 0) is 9.53 Å². The third kappa shape index (κ3) is 3.19. The Hall–Kier alpha value is -2.18. The highest BCUT2D eigenvalue weighted by atomic mass is 32.1. The number of allylic oxidation sites excluding steroid dienone is 1. The molecule has 0 saturated heterocycles. The highest BCUT2D eigenvalue weighted by molar-refractivity contribution is 7.80. The van der Waals surface area contributed by atoms with Crippen LogP contribution in [0.5, 0.6) is 0 Å². The Labute approximate surface area is 157 Å². The molecule has 3 rings (SSSR count). The van der Waals surface area contributed by atoms with Gasteiger partial charge in [0.25, 0.3) is 0 Å². The number of hydrogen-bond acceptors (Lipinski definition) is 4. The number of methoxy groups -OCH3 is 1. The van der Waals surface area contributed by atoms with Crippen molar-refractivity contribution in [2.75, 3.05) is 12.0 Å². The number of nitrogens with zero attached hydrogens (tertiary/aromatic N) is 1. The summed E-state index contributed by atoms with van der Waals surface area (Å²) in [5, 5.41) is 7.88. The first-order valence-corrected chi connectivity index (χ1v) is 9.28. The molecule has 1 aromatic heterocycles. The smallest absolute Gasteiger partial charge is 0.337 e. The number of aryl methyl sites for hydroxylation is 2. The van der Waals surface area contributed by atoms with Crippen LogP contribution >= 0.6 is 23.6 Å². The molecule has 2 aromatic rings. The van der Waals surface area contributed by atoms with E-state index < -0.39 is 0 Å². The van der Waals surface area contributed by atoms with Gasteiger partial charge in [0.15, 0.2) is 5.11 Å². The average Bonchev–Trinajstić information content (AvgIpc) is 3.11. The van der Waals surface area contributed by atoms with Crippen LogP contribution in [0.15, 0.2) is 46.3 Å². The van der Waals surface area contributed by atoms with E-state index in [2.05, 4.69) is 31.3 Å². The summed E-state index contributed by atoms with van der Waals surface area (Å²) in [7, 11) is 1.40. The SMILES string of the molecule is COC(=O)C1=C(C)N(c2ccc(C)c(C)c2)C(=S)N[C@@H]1c1ccsc1. The van der Waals surface area contributed by atoms with Crippen LogP contribution in [-0.4, -0.2) is 18.2 Å². The molecule has 0 aliphatic carbocycles. The fourth-order valence-corrected chi connectivity index (χ4v) is 4.03. The molecule has 0 fully saturated rings. The van der Waals surface area contributed by atoms with Crippen molar-refractivity contribution < 1.29 is 9.53 Å². The van der Waals surface area contributed by atoms with Gasteiger partial charge in [-0.3, -0.25) is 4.90 Å². The molecule has 1 N–H and O–H groups in total. The predicted molar refractivity (Wildman–Crippen MR) is 106 cm³/mol. The Kier molecular flexibility index (Phi) is 4.92. The van der Waals surface area contributed by atoms with Gasteiger partial charge in [-0.2, -0.15) is 11.3 Å². The topological polar surface area (TPSA) is 41.6 Å². The predicted octanol–water partition coefficient (Wildman–Crippen LogP) is 4.25. The molecular weight excluding hydrogens is 352 g/mol. The summed E-state index contributed by atoms with van der Waals surface area (Å²) in [6, 6.07) is 7.84. The molecule has 25 heavy (non-hydrogen) atoms. The number of thiocarbonyl (C=S) groups is 1. The number of carbonyl (C=O) groups excluding carboxylic acids is 1. The Morgan fingerprint density at radius 1 is 1.24 bits per heavy atom. The number of thiophene rings is 1. The maximum absolute atomic E-state index is 12.5. The lowest BCUT2D eigenvalue weighted by atomic mass is 9.96. The van der Waals surface area contributed by atoms with Gasteiger partial charge in [0, 0.05) is 11.4 Å².